The average molecular weight is 436 g/mol. The molecule has 2 amide bonds. The van der Waals surface area contributed by atoms with Crippen LogP contribution in [-0.2, 0) is 6.54 Å². The highest BCUT2D eigenvalue weighted by Gasteiger charge is 2.30. The second-order valence-electron chi connectivity index (χ2n) is 7.55. The molecule has 1 aliphatic heterocycles. The summed E-state index contributed by atoms with van der Waals surface area (Å²) in [7, 11) is 0. The van der Waals surface area contributed by atoms with Gasteiger partial charge in [-0.2, -0.15) is 0 Å². The number of pyridine rings is 2. The third-order valence-electron chi connectivity index (χ3n) is 5.46. The van der Waals surface area contributed by atoms with Crippen LogP contribution in [0.15, 0.2) is 54.9 Å². The van der Waals surface area contributed by atoms with Crippen molar-refractivity contribution in [2.24, 2.45) is 0 Å². The van der Waals surface area contributed by atoms with Crippen LogP contribution in [0.1, 0.15) is 44.3 Å². The molecule has 2 aromatic heterocycles. The lowest BCUT2D eigenvalue weighted by Gasteiger charge is -2.17. The number of aromatic hydroxyl groups is 2. The number of likely N-dealkylation sites (tertiary alicyclic amines) is 1. The van der Waals surface area contributed by atoms with E-state index in [1.807, 2.05) is 12.1 Å². The Kier molecular flexibility index (Phi) is 5.98. The van der Waals surface area contributed by atoms with Gasteiger partial charge in [0.25, 0.3) is 17.7 Å². The van der Waals surface area contributed by atoms with Crippen LogP contribution >= 0.6 is 0 Å². The van der Waals surface area contributed by atoms with Gasteiger partial charge in [0.15, 0.2) is 5.75 Å². The Hall–Kier alpha value is -4.01. The highest BCUT2D eigenvalue weighted by Crippen LogP contribution is 2.31. The number of aromatic nitrogens is 2. The van der Waals surface area contributed by atoms with Gasteiger partial charge in [0.05, 0.1) is 5.56 Å². The van der Waals surface area contributed by atoms with E-state index >= 15 is 0 Å². The number of benzene rings is 1. The minimum atomic E-state index is -0.798. The Morgan fingerprint density at radius 2 is 1.84 bits per heavy atom. The van der Waals surface area contributed by atoms with Crippen molar-refractivity contribution in [3.8, 4) is 11.6 Å². The number of nitrogens with one attached hydrogen (secondary N) is 1. The first kappa shape index (κ1) is 21.2. The topological polar surface area (TPSA) is 116 Å². The first-order valence-electron chi connectivity index (χ1n) is 10.1. The molecular formula is C23H21FN4O4. The van der Waals surface area contributed by atoms with Gasteiger partial charge in [-0.05, 0) is 47.9 Å². The minimum absolute atomic E-state index is 0.0741. The minimum Gasteiger partial charge on any atom is -0.503 e. The molecule has 3 N–H and O–H groups in total. The standard InChI is InChI=1S/C23H21FN4O4/c24-17-3-1-14(2-4-17)12-26-21(30)18-11-19(27-22(31)20(18)29)23(32)28-10-7-16(13-28)15-5-8-25-9-6-15/h1-6,8-9,11,16,29H,7,10,12-13H2,(H,26,30)(H,27,31). The molecule has 1 unspecified atom stereocenters. The Labute approximate surface area is 183 Å². The molecule has 9 heteroatoms. The smallest absolute Gasteiger partial charge is 0.272 e. The highest BCUT2D eigenvalue weighted by atomic mass is 19.1. The summed E-state index contributed by atoms with van der Waals surface area (Å²) in [5, 5.41) is 22.7. The van der Waals surface area contributed by atoms with Crippen molar-refractivity contribution in [3.05, 3.63) is 83.1 Å². The van der Waals surface area contributed by atoms with Crippen molar-refractivity contribution < 1.29 is 24.2 Å². The van der Waals surface area contributed by atoms with E-state index in [1.54, 1.807) is 17.3 Å². The summed E-state index contributed by atoms with van der Waals surface area (Å²) in [6.45, 7) is 1.05. The van der Waals surface area contributed by atoms with Gasteiger partial charge in [-0.25, -0.2) is 9.37 Å². The summed E-state index contributed by atoms with van der Waals surface area (Å²) in [6.07, 6.45) is 4.18. The maximum atomic E-state index is 13.0. The zero-order valence-corrected chi connectivity index (χ0v) is 17.0. The van der Waals surface area contributed by atoms with Crippen LogP contribution in [0, 0.1) is 5.82 Å². The third-order valence-corrected chi connectivity index (χ3v) is 5.46. The van der Waals surface area contributed by atoms with Crippen LogP contribution < -0.4 is 5.32 Å². The molecule has 1 aromatic carbocycles. The van der Waals surface area contributed by atoms with E-state index in [1.165, 1.54) is 24.3 Å². The summed E-state index contributed by atoms with van der Waals surface area (Å²) in [5.74, 6) is -2.89. The number of rotatable bonds is 5. The fourth-order valence-electron chi connectivity index (χ4n) is 3.70. The number of carbonyl (C=O) groups is 2. The van der Waals surface area contributed by atoms with Crippen molar-refractivity contribution in [3.63, 3.8) is 0 Å². The van der Waals surface area contributed by atoms with Crippen LogP contribution in [0.25, 0.3) is 0 Å². The van der Waals surface area contributed by atoms with E-state index in [4.69, 9.17) is 0 Å². The fourth-order valence-corrected chi connectivity index (χ4v) is 3.70. The summed E-state index contributed by atoms with van der Waals surface area (Å²) < 4.78 is 13.0. The second kappa shape index (κ2) is 9.01. The van der Waals surface area contributed by atoms with Crippen molar-refractivity contribution in [2.45, 2.75) is 18.9 Å². The van der Waals surface area contributed by atoms with Gasteiger partial charge in [-0.15, -0.1) is 0 Å². The van der Waals surface area contributed by atoms with Crippen LogP contribution in [0.4, 0.5) is 4.39 Å². The van der Waals surface area contributed by atoms with E-state index < -0.39 is 29.3 Å². The van der Waals surface area contributed by atoms with Gasteiger partial charge in [-0.1, -0.05) is 12.1 Å². The number of carbonyl (C=O) groups excluding carboxylic acids is 2. The number of hydrogen-bond donors (Lipinski definition) is 3. The van der Waals surface area contributed by atoms with Gasteiger partial charge in [0.2, 0.25) is 0 Å². The summed E-state index contributed by atoms with van der Waals surface area (Å²) in [5.41, 5.74) is 1.32. The Morgan fingerprint density at radius 1 is 1.12 bits per heavy atom. The van der Waals surface area contributed by atoms with Crippen LogP contribution in [0.3, 0.4) is 0 Å². The monoisotopic (exact) mass is 436 g/mol. The fraction of sp³-hybridized carbons (Fsp3) is 0.217. The molecular weight excluding hydrogens is 415 g/mol. The Balaban J connectivity index is 1.48. The molecule has 8 nitrogen and oxygen atoms in total. The van der Waals surface area contributed by atoms with Crippen molar-refractivity contribution >= 4 is 11.8 Å². The summed E-state index contributed by atoms with van der Waals surface area (Å²) in [4.78, 5) is 34.9. The molecule has 0 saturated carbocycles. The predicted octanol–water partition coefficient (Wildman–Crippen LogP) is 2.59. The van der Waals surface area contributed by atoms with E-state index in [9.17, 15) is 24.2 Å². The Morgan fingerprint density at radius 3 is 2.56 bits per heavy atom. The van der Waals surface area contributed by atoms with Crippen LogP contribution in [0.2, 0.25) is 0 Å². The maximum absolute atomic E-state index is 13.0. The Bertz CT molecular complexity index is 1140. The number of nitrogens with zero attached hydrogens (tertiary/aromatic N) is 3. The number of halogens is 1. The molecule has 0 bridgehead atoms. The van der Waals surface area contributed by atoms with E-state index in [0.29, 0.717) is 18.7 Å². The molecule has 1 aliphatic rings. The first-order valence-corrected chi connectivity index (χ1v) is 10.1. The first-order chi connectivity index (χ1) is 15.4. The third kappa shape index (κ3) is 4.51. The predicted molar refractivity (Wildman–Crippen MR) is 113 cm³/mol. The molecule has 32 heavy (non-hydrogen) atoms. The quantitative estimate of drug-likeness (QED) is 0.566. The molecule has 0 aliphatic carbocycles. The van der Waals surface area contributed by atoms with E-state index in [2.05, 4.69) is 15.3 Å². The zero-order chi connectivity index (χ0) is 22.7. The van der Waals surface area contributed by atoms with Gasteiger partial charge in [0, 0.05) is 37.9 Å². The lowest BCUT2D eigenvalue weighted by Crippen LogP contribution is -2.30. The SMILES string of the molecule is O=C(NCc1ccc(F)cc1)c1cc(C(=O)N2CCC(c3ccncc3)C2)nc(O)c1O. The highest BCUT2D eigenvalue weighted by molar-refractivity contribution is 6.01. The number of hydrogen-bond acceptors (Lipinski definition) is 6. The molecule has 3 aromatic rings. The maximum Gasteiger partial charge on any atom is 0.272 e. The zero-order valence-electron chi connectivity index (χ0n) is 17.0. The lowest BCUT2D eigenvalue weighted by molar-refractivity contribution is 0.0784. The average Bonchev–Trinajstić information content (AvgIpc) is 3.30. The summed E-state index contributed by atoms with van der Waals surface area (Å²) >= 11 is 0. The molecule has 4 rings (SSSR count). The normalized spacial score (nSPS) is 15.5. The largest absolute Gasteiger partial charge is 0.503 e. The molecule has 0 spiro atoms. The lowest BCUT2D eigenvalue weighted by atomic mass is 10.00. The van der Waals surface area contributed by atoms with Crippen molar-refractivity contribution in [1.82, 2.24) is 20.2 Å². The summed E-state index contributed by atoms with van der Waals surface area (Å²) in [6, 6.07) is 10.5. The van der Waals surface area contributed by atoms with Gasteiger partial charge in [-0.3, -0.25) is 14.6 Å². The van der Waals surface area contributed by atoms with Crippen molar-refractivity contribution in [2.75, 3.05) is 13.1 Å². The number of amides is 2. The van der Waals surface area contributed by atoms with Gasteiger partial charge in [0.1, 0.15) is 11.5 Å². The molecule has 1 saturated heterocycles. The molecule has 164 valence electrons. The van der Waals surface area contributed by atoms with Gasteiger partial charge < -0.3 is 20.4 Å². The van der Waals surface area contributed by atoms with Crippen LogP contribution in [0.5, 0.6) is 11.6 Å². The molecule has 3 heterocycles. The van der Waals surface area contributed by atoms with Crippen LogP contribution in [-0.4, -0.2) is 50.0 Å². The van der Waals surface area contributed by atoms with E-state index in [0.717, 1.165) is 18.1 Å². The molecule has 0 radical (unpaired) electrons. The van der Waals surface area contributed by atoms with E-state index in [-0.39, 0.29) is 23.7 Å². The van der Waals surface area contributed by atoms with Gasteiger partial charge >= 0.3 is 0 Å². The molecule has 1 atom stereocenters. The second-order valence-corrected chi connectivity index (χ2v) is 7.55. The molecule has 1 fully saturated rings. The van der Waals surface area contributed by atoms with Crippen molar-refractivity contribution in [1.29, 1.82) is 0 Å².